The van der Waals surface area contributed by atoms with Crippen LogP contribution in [-0.2, 0) is 14.3 Å². The molecule has 1 aromatic carbocycles. The highest BCUT2D eigenvalue weighted by Gasteiger charge is 2.31. The number of carbonyl (C=O) groups excluding carboxylic acids is 3. The number of nitro groups is 1. The van der Waals surface area contributed by atoms with Crippen LogP contribution in [0.3, 0.4) is 0 Å². The number of hydrogen-bond acceptors (Lipinski definition) is 7. The third kappa shape index (κ3) is 5.20. The van der Waals surface area contributed by atoms with E-state index in [0.29, 0.717) is 30.8 Å². The molecule has 1 unspecified atom stereocenters. The van der Waals surface area contributed by atoms with Crippen molar-refractivity contribution >= 4 is 40.5 Å². The van der Waals surface area contributed by atoms with Gasteiger partial charge in [-0.15, -0.1) is 11.3 Å². The lowest BCUT2D eigenvalue weighted by Crippen LogP contribution is -2.41. The van der Waals surface area contributed by atoms with Crippen molar-refractivity contribution in [2.24, 2.45) is 5.92 Å². The van der Waals surface area contributed by atoms with E-state index in [2.05, 4.69) is 5.32 Å². The Bertz CT molecular complexity index is 938. The van der Waals surface area contributed by atoms with Crippen molar-refractivity contribution in [3.63, 3.8) is 0 Å². The third-order valence-corrected chi connectivity index (χ3v) is 5.69. The SMILES string of the molecule is CC(OC(=O)C1CCN(C(=O)c2cccs2)CC1)C(=O)Nc1cccc([N+](=O)[O-])c1. The molecule has 0 spiro atoms. The van der Waals surface area contributed by atoms with Gasteiger partial charge in [0.2, 0.25) is 0 Å². The lowest BCUT2D eigenvalue weighted by molar-refractivity contribution is -0.384. The van der Waals surface area contributed by atoms with Gasteiger partial charge in [0.25, 0.3) is 17.5 Å². The molecule has 158 valence electrons. The smallest absolute Gasteiger partial charge is 0.309 e. The third-order valence-electron chi connectivity index (χ3n) is 4.83. The minimum absolute atomic E-state index is 0.0403. The quantitative estimate of drug-likeness (QED) is 0.426. The second kappa shape index (κ2) is 9.49. The zero-order valence-electron chi connectivity index (χ0n) is 16.3. The summed E-state index contributed by atoms with van der Waals surface area (Å²) in [5.74, 6) is -1.49. The molecule has 2 amide bonds. The standard InChI is InChI=1S/C20H21N3O6S/c1-13(18(24)21-15-4-2-5-16(12-15)23(27)28)29-20(26)14-7-9-22(10-8-14)19(25)17-6-3-11-30-17/h2-6,11-14H,7-10H2,1H3,(H,21,24). The van der Waals surface area contributed by atoms with Crippen molar-refractivity contribution in [1.29, 1.82) is 0 Å². The number of rotatable bonds is 6. The van der Waals surface area contributed by atoms with E-state index in [1.54, 1.807) is 11.0 Å². The monoisotopic (exact) mass is 431 g/mol. The molecule has 1 aliphatic heterocycles. The average molecular weight is 431 g/mol. The van der Waals surface area contributed by atoms with Crippen molar-refractivity contribution in [2.75, 3.05) is 18.4 Å². The molecule has 2 aromatic rings. The van der Waals surface area contributed by atoms with Gasteiger partial charge in [0.05, 0.1) is 15.7 Å². The summed E-state index contributed by atoms with van der Waals surface area (Å²) in [6.07, 6.45) is -0.118. The number of nitrogens with zero attached hydrogens (tertiary/aromatic N) is 2. The first kappa shape index (κ1) is 21.4. The predicted molar refractivity (Wildman–Crippen MR) is 110 cm³/mol. The van der Waals surface area contributed by atoms with Crippen molar-refractivity contribution in [2.45, 2.75) is 25.9 Å². The number of thiophene rings is 1. The predicted octanol–water partition coefficient (Wildman–Crippen LogP) is 3.08. The van der Waals surface area contributed by atoms with Crippen LogP contribution in [0.1, 0.15) is 29.4 Å². The van der Waals surface area contributed by atoms with Crippen LogP contribution in [0.5, 0.6) is 0 Å². The average Bonchev–Trinajstić information content (AvgIpc) is 3.28. The van der Waals surface area contributed by atoms with Crippen LogP contribution in [0.15, 0.2) is 41.8 Å². The summed E-state index contributed by atoms with van der Waals surface area (Å²) >= 11 is 1.38. The lowest BCUT2D eigenvalue weighted by Gasteiger charge is -2.31. The number of esters is 1. The number of hydrogen-bond donors (Lipinski definition) is 1. The number of nitrogens with one attached hydrogen (secondary N) is 1. The van der Waals surface area contributed by atoms with Gasteiger partial charge in [-0.1, -0.05) is 12.1 Å². The molecule has 0 bridgehead atoms. The Hall–Kier alpha value is -3.27. The number of anilines is 1. The molecule has 1 fully saturated rings. The number of piperidine rings is 1. The van der Waals surface area contributed by atoms with Gasteiger partial charge in [-0.3, -0.25) is 24.5 Å². The highest BCUT2D eigenvalue weighted by molar-refractivity contribution is 7.12. The van der Waals surface area contributed by atoms with Gasteiger partial charge in [0, 0.05) is 30.9 Å². The van der Waals surface area contributed by atoms with Gasteiger partial charge < -0.3 is 15.0 Å². The first-order valence-electron chi connectivity index (χ1n) is 9.43. The maximum atomic E-state index is 12.4. The van der Waals surface area contributed by atoms with E-state index in [1.807, 2.05) is 11.4 Å². The highest BCUT2D eigenvalue weighted by atomic mass is 32.1. The number of benzene rings is 1. The molecule has 1 aliphatic rings. The summed E-state index contributed by atoms with van der Waals surface area (Å²) in [5, 5.41) is 15.2. The molecule has 1 N–H and O–H groups in total. The van der Waals surface area contributed by atoms with E-state index >= 15 is 0 Å². The van der Waals surface area contributed by atoms with Crippen LogP contribution in [0.2, 0.25) is 0 Å². The Labute approximate surface area is 176 Å². The van der Waals surface area contributed by atoms with E-state index in [1.165, 1.54) is 42.5 Å². The van der Waals surface area contributed by atoms with Crippen molar-refractivity contribution in [1.82, 2.24) is 4.90 Å². The Kier molecular flexibility index (Phi) is 6.78. The number of non-ortho nitro benzene ring substituents is 1. The van der Waals surface area contributed by atoms with E-state index in [-0.39, 0.29) is 23.2 Å². The minimum atomic E-state index is -1.05. The molecule has 0 radical (unpaired) electrons. The van der Waals surface area contributed by atoms with Gasteiger partial charge in [-0.25, -0.2) is 0 Å². The fraction of sp³-hybridized carbons (Fsp3) is 0.350. The van der Waals surface area contributed by atoms with Crippen LogP contribution in [0.4, 0.5) is 11.4 Å². The summed E-state index contributed by atoms with van der Waals surface area (Å²) in [7, 11) is 0. The molecule has 3 rings (SSSR count). The fourth-order valence-electron chi connectivity index (χ4n) is 3.14. The molecule has 1 atom stereocenters. The number of ether oxygens (including phenoxy) is 1. The minimum Gasteiger partial charge on any atom is -0.452 e. The maximum Gasteiger partial charge on any atom is 0.309 e. The van der Waals surface area contributed by atoms with Gasteiger partial charge in [-0.05, 0) is 37.3 Å². The van der Waals surface area contributed by atoms with Gasteiger partial charge in [0.1, 0.15) is 0 Å². The summed E-state index contributed by atoms with van der Waals surface area (Å²) in [6.45, 7) is 2.34. The zero-order chi connectivity index (χ0) is 21.7. The molecule has 30 heavy (non-hydrogen) atoms. The molecule has 0 aliphatic carbocycles. The van der Waals surface area contributed by atoms with Crippen LogP contribution >= 0.6 is 11.3 Å². The van der Waals surface area contributed by atoms with Crippen molar-refractivity contribution in [3.8, 4) is 0 Å². The Morgan fingerprint density at radius 2 is 1.97 bits per heavy atom. The lowest BCUT2D eigenvalue weighted by atomic mass is 9.97. The Morgan fingerprint density at radius 1 is 1.23 bits per heavy atom. The van der Waals surface area contributed by atoms with E-state index in [0.717, 1.165) is 0 Å². The number of amides is 2. The molecule has 1 aromatic heterocycles. The molecule has 2 heterocycles. The first-order valence-corrected chi connectivity index (χ1v) is 10.3. The Balaban J connectivity index is 1.48. The maximum absolute atomic E-state index is 12.4. The van der Waals surface area contributed by atoms with Gasteiger partial charge in [-0.2, -0.15) is 0 Å². The van der Waals surface area contributed by atoms with E-state index in [4.69, 9.17) is 4.74 Å². The molecule has 1 saturated heterocycles. The highest BCUT2D eigenvalue weighted by Crippen LogP contribution is 2.23. The summed E-state index contributed by atoms with van der Waals surface area (Å²) < 4.78 is 5.28. The number of nitro benzene ring substituents is 1. The molecule has 10 heteroatoms. The van der Waals surface area contributed by atoms with Gasteiger partial charge >= 0.3 is 5.97 Å². The van der Waals surface area contributed by atoms with E-state index < -0.39 is 22.9 Å². The van der Waals surface area contributed by atoms with Crippen LogP contribution in [0.25, 0.3) is 0 Å². The molecule has 9 nitrogen and oxygen atoms in total. The number of carbonyl (C=O) groups is 3. The normalized spacial score (nSPS) is 15.3. The second-order valence-electron chi connectivity index (χ2n) is 6.92. The Morgan fingerprint density at radius 3 is 2.60 bits per heavy atom. The second-order valence-corrected chi connectivity index (χ2v) is 7.87. The molecule has 0 saturated carbocycles. The van der Waals surface area contributed by atoms with Crippen molar-refractivity contribution in [3.05, 3.63) is 56.8 Å². The van der Waals surface area contributed by atoms with Crippen LogP contribution in [-0.4, -0.2) is 46.8 Å². The first-order chi connectivity index (χ1) is 14.3. The summed E-state index contributed by atoms with van der Waals surface area (Å²) in [6, 6.07) is 9.11. The molecular formula is C20H21N3O6S. The summed E-state index contributed by atoms with van der Waals surface area (Å²) in [5.41, 5.74) is 0.0961. The largest absolute Gasteiger partial charge is 0.452 e. The molecular weight excluding hydrogens is 410 g/mol. The van der Waals surface area contributed by atoms with E-state index in [9.17, 15) is 24.5 Å². The van der Waals surface area contributed by atoms with Crippen LogP contribution < -0.4 is 5.32 Å². The fourth-order valence-corrected chi connectivity index (χ4v) is 3.83. The van der Waals surface area contributed by atoms with Gasteiger partial charge in [0.15, 0.2) is 6.10 Å². The topological polar surface area (TPSA) is 119 Å². The van der Waals surface area contributed by atoms with Crippen LogP contribution in [0, 0.1) is 16.0 Å². The zero-order valence-corrected chi connectivity index (χ0v) is 17.1. The van der Waals surface area contributed by atoms with Crippen molar-refractivity contribution < 1.29 is 24.0 Å². The summed E-state index contributed by atoms with van der Waals surface area (Å²) in [4.78, 5) is 49.7. The number of likely N-dealkylation sites (tertiary alicyclic amines) is 1.